The third-order valence-corrected chi connectivity index (χ3v) is 2.17. The van der Waals surface area contributed by atoms with Gasteiger partial charge in [-0.05, 0) is 23.4 Å². The van der Waals surface area contributed by atoms with Crippen LogP contribution >= 0.6 is 11.6 Å². The number of tetrazole rings is 1. The van der Waals surface area contributed by atoms with Crippen LogP contribution in [0.1, 0.15) is 10.4 Å². The molecule has 17 heavy (non-hydrogen) atoms. The minimum Gasteiger partial charge on any atom is -0.507 e. The molecule has 0 radical (unpaired) electrons. The minimum absolute atomic E-state index is 0.0619. The van der Waals surface area contributed by atoms with E-state index in [4.69, 9.17) is 11.6 Å². The largest absolute Gasteiger partial charge is 0.507 e. The average Bonchev–Trinajstić information content (AvgIpc) is 2.63. The molecular weight excluding hydrogens is 246 g/mol. The predicted molar refractivity (Wildman–Crippen MR) is 59.9 cm³/mol. The normalized spacial score (nSPS) is 10.2. The van der Waals surface area contributed by atoms with E-state index in [0.717, 1.165) is 0 Å². The van der Waals surface area contributed by atoms with Crippen LogP contribution in [0, 0.1) is 0 Å². The monoisotopic (exact) mass is 253 g/mol. The van der Waals surface area contributed by atoms with Gasteiger partial charge in [0.25, 0.3) is 11.9 Å². The van der Waals surface area contributed by atoms with Crippen molar-refractivity contribution in [3.8, 4) is 5.75 Å². The molecular formula is C9H8ClN5O2. The fourth-order valence-electron chi connectivity index (χ4n) is 1.20. The molecule has 0 spiro atoms. The smallest absolute Gasteiger partial charge is 0.270 e. The summed E-state index contributed by atoms with van der Waals surface area (Å²) in [6.45, 7) is 0. The number of hydrogen-bond acceptors (Lipinski definition) is 5. The van der Waals surface area contributed by atoms with E-state index in [2.05, 4.69) is 20.7 Å². The third-order valence-electron chi connectivity index (χ3n) is 1.94. The Morgan fingerprint density at radius 2 is 2.29 bits per heavy atom. The van der Waals surface area contributed by atoms with E-state index in [1.54, 1.807) is 7.05 Å². The van der Waals surface area contributed by atoms with Crippen LogP contribution in [-0.2, 0) is 7.05 Å². The van der Waals surface area contributed by atoms with E-state index < -0.39 is 5.91 Å². The fourth-order valence-corrected chi connectivity index (χ4v) is 1.37. The maximum Gasteiger partial charge on any atom is 0.270 e. The topological polar surface area (TPSA) is 92.9 Å². The van der Waals surface area contributed by atoms with E-state index in [0.29, 0.717) is 5.02 Å². The lowest BCUT2D eigenvalue weighted by atomic mass is 10.2. The van der Waals surface area contributed by atoms with Gasteiger partial charge in [-0.2, -0.15) is 4.80 Å². The van der Waals surface area contributed by atoms with Gasteiger partial charge in [0.2, 0.25) is 0 Å². The summed E-state index contributed by atoms with van der Waals surface area (Å²) in [6, 6.07) is 4.18. The number of nitrogens with zero attached hydrogens (tertiary/aromatic N) is 4. The molecule has 2 aromatic rings. The summed E-state index contributed by atoms with van der Waals surface area (Å²) >= 11 is 5.66. The lowest BCUT2D eigenvalue weighted by molar-refractivity contribution is 0.102. The highest BCUT2D eigenvalue weighted by Crippen LogP contribution is 2.22. The van der Waals surface area contributed by atoms with Gasteiger partial charge in [0.15, 0.2) is 0 Å². The van der Waals surface area contributed by atoms with Crippen molar-refractivity contribution in [3.63, 3.8) is 0 Å². The second-order valence-electron chi connectivity index (χ2n) is 3.22. The SMILES string of the molecule is Cn1nnc(NC(=O)c2ccc(Cl)cc2O)n1. The molecule has 2 rings (SSSR count). The van der Waals surface area contributed by atoms with Crippen molar-refractivity contribution in [2.45, 2.75) is 0 Å². The first kappa shape index (κ1) is 11.3. The summed E-state index contributed by atoms with van der Waals surface area (Å²) in [5, 5.41) is 23.2. The highest BCUT2D eigenvalue weighted by Gasteiger charge is 2.13. The number of carbonyl (C=O) groups is 1. The Morgan fingerprint density at radius 1 is 1.53 bits per heavy atom. The average molecular weight is 254 g/mol. The standard InChI is InChI=1S/C9H8ClN5O2/c1-15-13-9(12-14-15)11-8(17)6-3-2-5(10)4-7(6)16/h2-4,16H,1H3,(H,11,13,17). The molecule has 1 amide bonds. The minimum atomic E-state index is -0.535. The number of benzene rings is 1. The number of phenolic OH excluding ortho intramolecular Hbond substituents is 1. The molecule has 1 heterocycles. The van der Waals surface area contributed by atoms with Crippen molar-refractivity contribution in [3.05, 3.63) is 28.8 Å². The van der Waals surface area contributed by atoms with Gasteiger partial charge in [-0.3, -0.25) is 10.1 Å². The predicted octanol–water partition coefficient (Wildman–Crippen LogP) is 0.821. The highest BCUT2D eigenvalue weighted by molar-refractivity contribution is 6.30. The second-order valence-corrected chi connectivity index (χ2v) is 3.65. The molecule has 1 aromatic carbocycles. The number of carbonyl (C=O) groups excluding carboxylic acids is 1. The summed E-state index contributed by atoms with van der Waals surface area (Å²) in [4.78, 5) is 12.9. The molecule has 0 aliphatic heterocycles. The van der Waals surface area contributed by atoms with Gasteiger partial charge in [0, 0.05) is 5.02 Å². The van der Waals surface area contributed by atoms with Gasteiger partial charge in [-0.1, -0.05) is 16.7 Å². The molecule has 1 aromatic heterocycles. The Bertz CT molecular complexity index is 568. The molecule has 0 fully saturated rings. The van der Waals surface area contributed by atoms with Crippen LogP contribution in [-0.4, -0.2) is 31.2 Å². The van der Waals surface area contributed by atoms with Gasteiger partial charge in [-0.25, -0.2) is 0 Å². The molecule has 0 bridgehead atoms. The van der Waals surface area contributed by atoms with Gasteiger partial charge >= 0.3 is 0 Å². The molecule has 88 valence electrons. The molecule has 0 aliphatic rings. The van der Waals surface area contributed by atoms with Crippen molar-refractivity contribution in [1.82, 2.24) is 20.2 Å². The van der Waals surface area contributed by atoms with Crippen molar-refractivity contribution < 1.29 is 9.90 Å². The van der Waals surface area contributed by atoms with Crippen LogP contribution in [0.2, 0.25) is 5.02 Å². The van der Waals surface area contributed by atoms with Crippen LogP contribution in [0.5, 0.6) is 5.75 Å². The summed E-state index contributed by atoms with van der Waals surface area (Å²) in [7, 11) is 1.57. The van der Waals surface area contributed by atoms with Crippen LogP contribution in [0.25, 0.3) is 0 Å². The Balaban J connectivity index is 2.20. The van der Waals surface area contributed by atoms with E-state index in [-0.39, 0.29) is 17.3 Å². The zero-order valence-corrected chi connectivity index (χ0v) is 9.51. The maximum absolute atomic E-state index is 11.7. The van der Waals surface area contributed by atoms with E-state index in [1.165, 1.54) is 23.0 Å². The van der Waals surface area contributed by atoms with Crippen LogP contribution in [0.15, 0.2) is 18.2 Å². The number of phenols is 1. The summed E-state index contributed by atoms with van der Waals surface area (Å²) in [5.74, 6) is -0.682. The van der Waals surface area contributed by atoms with Crippen LogP contribution in [0.3, 0.4) is 0 Å². The molecule has 0 saturated heterocycles. The first-order valence-corrected chi connectivity index (χ1v) is 4.98. The number of nitrogens with one attached hydrogen (secondary N) is 1. The van der Waals surface area contributed by atoms with Crippen molar-refractivity contribution in [1.29, 1.82) is 0 Å². The van der Waals surface area contributed by atoms with Gasteiger partial charge in [0.05, 0.1) is 12.6 Å². The Hall–Kier alpha value is -2.15. The summed E-state index contributed by atoms with van der Waals surface area (Å²) < 4.78 is 0. The number of halogens is 1. The third kappa shape index (κ3) is 2.51. The Kier molecular flexibility index (Phi) is 2.92. The number of amides is 1. The lowest BCUT2D eigenvalue weighted by Crippen LogP contribution is -2.13. The molecule has 0 atom stereocenters. The summed E-state index contributed by atoms with van der Waals surface area (Å²) in [6.07, 6.45) is 0. The maximum atomic E-state index is 11.7. The highest BCUT2D eigenvalue weighted by atomic mass is 35.5. The first-order valence-electron chi connectivity index (χ1n) is 4.60. The first-order chi connectivity index (χ1) is 8.06. The lowest BCUT2D eigenvalue weighted by Gasteiger charge is -2.03. The molecule has 8 heteroatoms. The molecule has 0 saturated carbocycles. The number of aromatic nitrogens is 4. The van der Waals surface area contributed by atoms with Crippen LogP contribution < -0.4 is 5.32 Å². The number of aryl methyl sites for hydroxylation is 1. The number of aromatic hydroxyl groups is 1. The zero-order chi connectivity index (χ0) is 12.4. The van der Waals surface area contributed by atoms with E-state index in [1.807, 2.05) is 0 Å². The number of anilines is 1. The molecule has 7 nitrogen and oxygen atoms in total. The molecule has 0 aliphatic carbocycles. The van der Waals surface area contributed by atoms with Crippen LogP contribution in [0.4, 0.5) is 5.95 Å². The number of rotatable bonds is 2. The van der Waals surface area contributed by atoms with Crippen molar-refractivity contribution in [2.75, 3.05) is 5.32 Å². The van der Waals surface area contributed by atoms with E-state index >= 15 is 0 Å². The van der Waals surface area contributed by atoms with Crippen molar-refractivity contribution >= 4 is 23.5 Å². The quantitative estimate of drug-likeness (QED) is 0.827. The zero-order valence-electron chi connectivity index (χ0n) is 8.75. The molecule has 0 unspecified atom stereocenters. The van der Waals surface area contributed by atoms with Gasteiger partial charge in [-0.15, -0.1) is 5.10 Å². The van der Waals surface area contributed by atoms with Gasteiger partial charge in [0.1, 0.15) is 5.75 Å². The Labute approximate surface area is 101 Å². The van der Waals surface area contributed by atoms with Crippen molar-refractivity contribution in [2.24, 2.45) is 7.05 Å². The molecule has 2 N–H and O–H groups in total. The fraction of sp³-hybridized carbons (Fsp3) is 0.111. The van der Waals surface area contributed by atoms with E-state index in [9.17, 15) is 9.90 Å². The van der Waals surface area contributed by atoms with Gasteiger partial charge < -0.3 is 5.11 Å². The number of hydrogen-bond donors (Lipinski definition) is 2. The second kappa shape index (κ2) is 4.38. The summed E-state index contributed by atoms with van der Waals surface area (Å²) in [5.41, 5.74) is 0.0850. The Morgan fingerprint density at radius 3 is 2.88 bits per heavy atom.